The molecule has 0 fully saturated rings. The third-order valence-corrected chi connectivity index (χ3v) is 12.2. The molecule has 27 heteroatoms. The summed E-state index contributed by atoms with van der Waals surface area (Å²) in [6, 6.07) is 25.3. The van der Waals surface area contributed by atoms with Gasteiger partial charge in [-0.25, -0.2) is 24.6 Å². The zero-order valence-electron chi connectivity index (χ0n) is 43.2. The summed E-state index contributed by atoms with van der Waals surface area (Å²) in [6.07, 6.45) is 13.9. The van der Waals surface area contributed by atoms with Crippen LogP contribution in [0.3, 0.4) is 0 Å². The van der Waals surface area contributed by atoms with Crippen molar-refractivity contribution in [2.45, 2.75) is 26.4 Å². The first-order valence-corrected chi connectivity index (χ1v) is 24.2. The first-order chi connectivity index (χ1) is 38.3. The molecule has 12 rings (SSSR count). The minimum absolute atomic E-state index is 0.211. The van der Waals surface area contributed by atoms with Gasteiger partial charge in [0, 0.05) is 109 Å². The molecule has 0 aliphatic rings. The number of ether oxygens (including phenoxy) is 1. The van der Waals surface area contributed by atoms with E-state index in [4.69, 9.17) is 22.1 Å². The van der Waals surface area contributed by atoms with Crippen molar-refractivity contribution in [2.75, 3.05) is 16.0 Å². The van der Waals surface area contributed by atoms with Gasteiger partial charge in [-0.2, -0.15) is 0 Å². The lowest BCUT2D eigenvalue weighted by molar-refractivity contribution is -0.389. The van der Waals surface area contributed by atoms with Gasteiger partial charge in [0.15, 0.2) is 0 Å². The fourth-order valence-corrected chi connectivity index (χ4v) is 8.62. The molecule has 1 amide bonds. The van der Waals surface area contributed by atoms with Crippen LogP contribution in [0.5, 0.6) is 0 Å². The van der Waals surface area contributed by atoms with E-state index in [1.807, 2.05) is 95.8 Å². The topological polar surface area (TPSA) is 328 Å². The summed E-state index contributed by atoms with van der Waals surface area (Å²) in [6.45, 7) is 5.23. The van der Waals surface area contributed by atoms with Crippen molar-refractivity contribution in [2.24, 2.45) is 21.1 Å². The monoisotopic (exact) mass is 1100 g/mol. The van der Waals surface area contributed by atoms with Crippen molar-refractivity contribution in [3.8, 4) is 0 Å². The fourth-order valence-electron chi connectivity index (χ4n) is 8.47. The summed E-state index contributed by atoms with van der Waals surface area (Å²) < 4.78 is 11.5. The van der Waals surface area contributed by atoms with E-state index in [1.165, 1.54) is 53.8 Å². The second-order valence-electron chi connectivity index (χ2n) is 18.4. The van der Waals surface area contributed by atoms with Crippen LogP contribution in [0.15, 0.2) is 147 Å². The Balaban J connectivity index is 0.000000139. The van der Waals surface area contributed by atoms with E-state index in [0.717, 1.165) is 60.2 Å². The number of hydrogen-bond acceptors (Lipinski definition) is 19. The molecule has 0 aliphatic heterocycles. The Hall–Kier alpha value is -10.9. The highest BCUT2D eigenvalue weighted by molar-refractivity contribution is 6.30. The predicted molar refractivity (Wildman–Crippen MR) is 302 cm³/mol. The average Bonchev–Trinajstić information content (AvgIpc) is 4.19. The molecule has 80 heavy (non-hydrogen) atoms. The number of nitro groups is 3. The Morgan fingerprint density at radius 2 is 1.04 bits per heavy atom. The lowest BCUT2D eigenvalue weighted by atomic mass is 10.2. The van der Waals surface area contributed by atoms with Gasteiger partial charge >= 0.3 is 23.5 Å². The predicted octanol–water partition coefficient (Wildman–Crippen LogP) is 11.0. The van der Waals surface area contributed by atoms with Crippen LogP contribution in [0.2, 0.25) is 5.02 Å². The van der Waals surface area contributed by atoms with Crippen LogP contribution in [0, 0.1) is 30.3 Å². The molecule has 0 saturated heterocycles. The van der Waals surface area contributed by atoms with Gasteiger partial charge < -0.3 is 59.8 Å². The lowest BCUT2D eigenvalue weighted by Gasteiger charge is -2.26. The Labute approximate surface area is 456 Å². The summed E-state index contributed by atoms with van der Waals surface area (Å²) in [5, 5.41) is 41.5. The van der Waals surface area contributed by atoms with Crippen LogP contribution in [0.25, 0.3) is 65.8 Å². The van der Waals surface area contributed by atoms with Crippen LogP contribution in [-0.2, 0) is 25.9 Å². The maximum atomic E-state index is 13.1. The largest absolute Gasteiger partial charge is 0.443 e. The number of nitrogens with zero attached hydrogens (tertiary/aromatic N) is 16. The molecule has 26 nitrogen and oxygen atoms in total. The minimum Gasteiger partial charge on any atom is -0.443 e. The number of nitrogens with one attached hydrogen (secondary N) is 1. The number of hydrogen-bond donors (Lipinski definition) is 2. The standard InChI is InChI=1S/C21H20N6O4.C16H12N6O2.C11H10N4.C5H3ClN2O2/c1-21(2,3)31-20(28)26(13-7-10-23-18(11-13)27(29)30)17-6-5-14-15-12-22-9-8-16(15)25(4)19(14)24-17;1-21-13-5-6-17-9-12(13)11-2-3-14(20-16(11)21)19-10-4-7-18-15(8-10)22(23)24;1-15-9-4-5-13-6-8(9)7-2-3-10(12)14-11(7)15;6-4-1-2-7-5(3-4)8(9)10/h5-12H,1-4H3;2-9H,1H3,(H,18,19,20);2-6H,1H3,(H2,12,14);1-3H. The molecule has 0 radical (unpaired) electrons. The number of aromatic nitrogens is 12. The molecule has 0 atom stereocenters. The number of carbonyl (C=O) groups is 1. The summed E-state index contributed by atoms with van der Waals surface area (Å²) in [4.78, 5) is 81.6. The zero-order valence-corrected chi connectivity index (χ0v) is 44.0. The van der Waals surface area contributed by atoms with E-state index in [9.17, 15) is 35.1 Å². The second kappa shape index (κ2) is 22.4. The number of fused-ring (bicyclic) bond motifs is 9. The summed E-state index contributed by atoms with van der Waals surface area (Å²) in [5.74, 6) is 0.580. The fraction of sp³-hybridized carbons (Fsp3) is 0.132. The quantitative estimate of drug-likeness (QED) is 0.111. The lowest BCUT2D eigenvalue weighted by Crippen LogP contribution is -2.34. The summed E-state index contributed by atoms with van der Waals surface area (Å²) in [7, 11) is 5.80. The van der Waals surface area contributed by atoms with Crippen molar-refractivity contribution in [3.05, 3.63) is 182 Å². The van der Waals surface area contributed by atoms with Crippen molar-refractivity contribution in [3.63, 3.8) is 0 Å². The van der Waals surface area contributed by atoms with Gasteiger partial charge in [0.2, 0.25) is 0 Å². The van der Waals surface area contributed by atoms with Gasteiger partial charge in [-0.05, 0) is 105 Å². The molecule has 0 bridgehead atoms. The van der Waals surface area contributed by atoms with Crippen molar-refractivity contribution >= 4 is 130 Å². The normalized spacial score (nSPS) is 11.1. The minimum atomic E-state index is -0.774. The maximum absolute atomic E-state index is 13.1. The first kappa shape index (κ1) is 53.9. The number of rotatable bonds is 7. The number of amides is 1. The molecule has 12 aromatic heterocycles. The molecule has 3 N–H and O–H groups in total. The molecular formula is C53H45ClN18O8. The average molecular weight is 1100 g/mol. The van der Waals surface area contributed by atoms with Gasteiger partial charge in [0.05, 0.1) is 51.1 Å². The number of aryl methyl sites for hydroxylation is 3. The van der Waals surface area contributed by atoms with Gasteiger partial charge in [0.1, 0.15) is 58.6 Å². The van der Waals surface area contributed by atoms with E-state index in [2.05, 4.69) is 50.2 Å². The van der Waals surface area contributed by atoms with E-state index >= 15 is 0 Å². The number of carbonyl (C=O) groups excluding carboxylic acids is 1. The SMILES string of the molecule is Cn1c2ccncc2c2ccc(N(C(=O)OC(C)(C)C)c3ccnc([N+](=O)[O-])c3)nc21.Cn1c2ccncc2c2ccc(N)nc21.Cn1c2ccncc2c2ccc(Nc3ccnc([N+](=O)[O-])c3)nc21.O=[N+]([O-])c1cc(Cl)ccn1. The Bertz CT molecular complexity index is 4370. The molecule has 0 aromatic carbocycles. The van der Waals surface area contributed by atoms with Crippen LogP contribution < -0.4 is 16.0 Å². The molecule has 12 aromatic rings. The molecule has 0 unspecified atom stereocenters. The molecule has 0 aliphatic carbocycles. The van der Waals surface area contributed by atoms with E-state index in [-0.39, 0.29) is 29.0 Å². The first-order valence-electron chi connectivity index (χ1n) is 23.9. The van der Waals surface area contributed by atoms with E-state index in [1.54, 1.807) is 57.7 Å². The molecule has 402 valence electrons. The van der Waals surface area contributed by atoms with Gasteiger partial charge in [-0.1, -0.05) is 11.6 Å². The van der Waals surface area contributed by atoms with Gasteiger partial charge in [-0.15, -0.1) is 0 Å². The van der Waals surface area contributed by atoms with E-state index < -0.39 is 26.5 Å². The number of nitrogens with two attached hydrogens (primary N) is 1. The molecule has 0 spiro atoms. The Morgan fingerprint density at radius 1 is 0.575 bits per heavy atom. The van der Waals surface area contributed by atoms with Gasteiger partial charge in [0.25, 0.3) is 0 Å². The summed E-state index contributed by atoms with van der Waals surface area (Å²) >= 11 is 5.44. The maximum Gasteiger partial charge on any atom is 0.420 e. The van der Waals surface area contributed by atoms with Crippen LogP contribution in [-0.4, -0.2) is 85.0 Å². The highest BCUT2D eigenvalue weighted by Gasteiger charge is 2.28. The third-order valence-electron chi connectivity index (χ3n) is 12.0. The van der Waals surface area contributed by atoms with Gasteiger partial charge in [-0.3, -0.25) is 15.0 Å². The third kappa shape index (κ3) is 11.4. The summed E-state index contributed by atoms with van der Waals surface area (Å²) in [5.41, 5.74) is 11.1. The van der Waals surface area contributed by atoms with Crippen molar-refractivity contribution < 1.29 is 24.3 Å². The number of pyridine rings is 9. The van der Waals surface area contributed by atoms with Crippen LogP contribution >= 0.6 is 11.6 Å². The smallest absolute Gasteiger partial charge is 0.420 e. The van der Waals surface area contributed by atoms with Crippen molar-refractivity contribution in [1.82, 2.24) is 58.6 Å². The van der Waals surface area contributed by atoms with E-state index in [0.29, 0.717) is 28.0 Å². The highest BCUT2D eigenvalue weighted by Crippen LogP contribution is 2.34. The number of nitrogen functional groups attached to an aromatic ring is 1. The highest BCUT2D eigenvalue weighted by atomic mass is 35.5. The van der Waals surface area contributed by atoms with Crippen molar-refractivity contribution in [1.29, 1.82) is 0 Å². The zero-order chi connectivity index (χ0) is 57.0. The molecular weight excluding hydrogens is 1050 g/mol. The second-order valence-corrected chi connectivity index (χ2v) is 18.8. The van der Waals surface area contributed by atoms with Crippen LogP contribution in [0.4, 0.5) is 51.1 Å². The Morgan fingerprint density at radius 3 is 1.55 bits per heavy atom. The Kier molecular flexibility index (Phi) is 15.1. The number of halogens is 1. The number of anilines is 5. The molecule has 12 heterocycles. The van der Waals surface area contributed by atoms with Crippen LogP contribution in [0.1, 0.15) is 20.8 Å². The molecule has 0 saturated carbocycles.